The molecular formula is C18H27ClN4O2S. The van der Waals surface area contributed by atoms with Crippen molar-refractivity contribution in [2.45, 2.75) is 17.5 Å². The van der Waals surface area contributed by atoms with Gasteiger partial charge >= 0.3 is 0 Å². The first kappa shape index (κ1) is 20.9. The summed E-state index contributed by atoms with van der Waals surface area (Å²) in [5.41, 5.74) is 1.26. The fourth-order valence-corrected chi connectivity index (χ4v) is 3.93. The number of hydrogen-bond acceptors (Lipinski definition) is 6. The number of imidazole rings is 1. The molecule has 1 aliphatic heterocycles. The zero-order valence-corrected chi connectivity index (χ0v) is 17.3. The summed E-state index contributed by atoms with van der Waals surface area (Å²) < 4.78 is 13.1. The topological polar surface area (TPSA) is 51.5 Å². The van der Waals surface area contributed by atoms with E-state index in [0.717, 1.165) is 43.5 Å². The Balaban J connectivity index is 0.00000243. The molecule has 1 atom stereocenters. The smallest absolute Gasteiger partial charge is 0.161 e. The molecule has 0 amide bonds. The minimum Gasteiger partial charge on any atom is -0.493 e. The lowest BCUT2D eigenvalue weighted by Crippen LogP contribution is -2.46. The highest BCUT2D eigenvalue weighted by Gasteiger charge is 2.27. The third kappa shape index (κ3) is 4.28. The van der Waals surface area contributed by atoms with E-state index in [1.54, 1.807) is 26.0 Å². The highest BCUT2D eigenvalue weighted by atomic mass is 35.5. The highest BCUT2D eigenvalue weighted by molar-refractivity contribution is 7.98. The van der Waals surface area contributed by atoms with Gasteiger partial charge in [-0.05, 0) is 24.0 Å². The first-order chi connectivity index (χ1) is 12.2. The van der Waals surface area contributed by atoms with Crippen molar-refractivity contribution in [1.82, 2.24) is 19.8 Å². The molecule has 1 unspecified atom stereocenters. The average molecular weight is 399 g/mol. The molecule has 0 spiro atoms. The third-order valence-corrected chi connectivity index (χ3v) is 5.49. The molecule has 1 saturated heterocycles. The first-order valence-corrected chi connectivity index (χ1v) is 9.61. The number of methoxy groups -OCH3 is 2. The molecule has 1 aromatic heterocycles. The van der Waals surface area contributed by atoms with Gasteiger partial charge in [0.2, 0.25) is 0 Å². The second-order valence-electron chi connectivity index (χ2n) is 6.11. The molecule has 26 heavy (non-hydrogen) atoms. The molecule has 0 bridgehead atoms. The molecule has 1 fully saturated rings. The minimum absolute atomic E-state index is 0. The Kier molecular flexibility index (Phi) is 7.64. The number of benzene rings is 1. The maximum absolute atomic E-state index is 5.50. The van der Waals surface area contributed by atoms with Gasteiger partial charge in [0.05, 0.1) is 20.3 Å². The van der Waals surface area contributed by atoms with Crippen molar-refractivity contribution in [1.29, 1.82) is 0 Å². The third-order valence-electron chi connectivity index (χ3n) is 4.67. The molecule has 1 aromatic carbocycles. The van der Waals surface area contributed by atoms with Crippen LogP contribution in [-0.4, -0.2) is 54.6 Å². The summed E-state index contributed by atoms with van der Waals surface area (Å²) in [6, 6.07) is 4.43. The van der Waals surface area contributed by atoms with E-state index in [4.69, 9.17) is 9.47 Å². The van der Waals surface area contributed by atoms with Crippen LogP contribution >= 0.6 is 24.2 Å². The maximum atomic E-state index is 5.50. The predicted molar refractivity (Wildman–Crippen MR) is 108 cm³/mol. The van der Waals surface area contributed by atoms with Gasteiger partial charge in [-0.3, -0.25) is 4.90 Å². The van der Waals surface area contributed by atoms with Gasteiger partial charge in [-0.25, -0.2) is 4.98 Å². The molecule has 0 aliphatic carbocycles. The lowest BCUT2D eigenvalue weighted by molar-refractivity contribution is 0.143. The number of thioether (sulfide) groups is 1. The molecule has 0 saturated carbocycles. The number of hydrogen-bond donors (Lipinski definition) is 1. The van der Waals surface area contributed by atoms with Crippen LogP contribution in [0, 0.1) is 0 Å². The van der Waals surface area contributed by atoms with Crippen molar-refractivity contribution >= 4 is 24.2 Å². The van der Waals surface area contributed by atoms with Crippen LogP contribution in [0.4, 0.5) is 0 Å². The van der Waals surface area contributed by atoms with Crippen molar-refractivity contribution in [2.75, 3.05) is 40.1 Å². The average Bonchev–Trinajstić information content (AvgIpc) is 3.07. The summed E-state index contributed by atoms with van der Waals surface area (Å²) in [5, 5.41) is 3.49. The summed E-state index contributed by atoms with van der Waals surface area (Å²) in [5.74, 6) is 2.65. The Morgan fingerprint density at radius 3 is 2.62 bits per heavy atom. The maximum Gasteiger partial charge on any atom is 0.161 e. The van der Waals surface area contributed by atoms with Gasteiger partial charge in [0.1, 0.15) is 5.82 Å². The Bertz CT molecular complexity index is 725. The van der Waals surface area contributed by atoms with Crippen LogP contribution in [-0.2, 0) is 13.6 Å². The second kappa shape index (κ2) is 9.50. The molecule has 0 radical (unpaired) electrons. The standard InChI is InChI=1S/C18H26N4O2S.ClH/c1-21-7-6-20-18(21)14-11-19-5-8-22(14)12-13-9-15(23-2)16(24-3)10-17(13)25-4;/h6-7,9-10,14,19H,5,8,11-12H2,1-4H3;1H. The van der Waals surface area contributed by atoms with E-state index in [2.05, 4.69) is 45.2 Å². The number of piperazine rings is 1. The van der Waals surface area contributed by atoms with Crippen molar-refractivity contribution in [3.05, 3.63) is 35.9 Å². The molecular weight excluding hydrogens is 372 g/mol. The highest BCUT2D eigenvalue weighted by Crippen LogP contribution is 2.36. The molecule has 1 N–H and O–H groups in total. The molecule has 6 nitrogen and oxygen atoms in total. The van der Waals surface area contributed by atoms with Crippen molar-refractivity contribution < 1.29 is 9.47 Å². The van der Waals surface area contributed by atoms with E-state index in [-0.39, 0.29) is 18.4 Å². The number of aromatic nitrogens is 2. The quantitative estimate of drug-likeness (QED) is 0.755. The normalized spacial score (nSPS) is 17.6. The Hall–Kier alpha value is -1.41. The van der Waals surface area contributed by atoms with E-state index in [1.165, 1.54) is 10.5 Å². The number of rotatable bonds is 6. The summed E-state index contributed by atoms with van der Waals surface area (Å²) >= 11 is 1.74. The minimum atomic E-state index is 0. The molecule has 2 aromatic rings. The van der Waals surface area contributed by atoms with Crippen molar-refractivity contribution in [3.8, 4) is 11.5 Å². The fraction of sp³-hybridized carbons (Fsp3) is 0.500. The summed E-state index contributed by atoms with van der Waals surface area (Å²) in [7, 11) is 5.41. The van der Waals surface area contributed by atoms with Gasteiger partial charge in [0.15, 0.2) is 11.5 Å². The number of halogens is 1. The van der Waals surface area contributed by atoms with Crippen LogP contribution in [0.1, 0.15) is 17.4 Å². The number of aryl methyl sites for hydroxylation is 1. The SMILES string of the molecule is COc1cc(CN2CCNCC2c2nccn2C)c(SC)cc1OC.Cl. The van der Waals surface area contributed by atoms with Gasteiger partial charge in [-0.2, -0.15) is 0 Å². The summed E-state index contributed by atoms with van der Waals surface area (Å²) in [6.45, 7) is 3.74. The van der Waals surface area contributed by atoms with Crippen LogP contribution in [0.5, 0.6) is 11.5 Å². The Labute approximate surface area is 165 Å². The van der Waals surface area contributed by atoms with Gasteiger partial charge in [0.25, 0.3) is 0 Å². The Morgan fingerprint density at radius 1 is 1.27 bits per heavy atom. The van der Waals surface area contributed by atoms with E-state index in [1.807, 2.05) is 12.4 Å². The molecule has 8 heteroatoms. The zero-order chi connectivity index (χ0) is 17.8. The number of nitrogens with zero attached hydrogens (tertiary/aromatic N) is 3. The lowest BCUT2D eigenvalue weighted by Gasteiger charge is -2.36. The van der Waals surface area contributed by atoms with Crippen LogP contribution in [0.3, 0.4) is 0 Å². The number of nitrogens with one attached hydrogen (secondary N) is 1. The van der Waals surface area contributed by atoms with Crippen molar-refractivity contribution in [2.24, 2.45) is 7.05 Å². The van der Waals surface area contributed by atoms with Gasteiger partial charge in [-0.1, -0.05) is 0 Å². The van der Waals surface area contributed by atoms with Gasteiger partial charge < -0.3 is 19.4 Å². The van der Waals surface area contributed by atoms with Gasteiger partial charge in [-0.15, -0.1) is 24.2 Å². The fourth-order valence-electron chi connectivity index (χ4n) is 3.32. The number of ether oxygens (including phenoxy) is 2. The van der Waals surface area contributed by atoms with E-state index in [9.17, 15) is 0 Å². The van der Waals surface area contributed by atoms with Crippen LogP contribution in [0.15, 0.2) is 29.4 Å². The lowest BCUT2D eigenvalue weighted by atomic mass is 10.1. The van der Waals surface area contributed by atoms with Crippen molar-refractivity contribution in [3.63, 3.8) is 0 Å². The van der Waals surface area contributed by atoms with E-state index in [0.29, 0.717) is 0 Å². The molecule has 144 valence electrons. The summed E-state index contributed by atoms with van der Waals surface area (Å²) in [6.07, 6.45) is 5.97. The van der Waals surface area contributed by atoms with Crippen LogP contribution in [0.2, 0.25) is 0 Å². The second-order valence-corrected chi connectivity index (χ2v) is 6.95. The zero-order valence-electron chi connectivity index (χ0n) is 15.7. The first-order valence-electron chi connectivity index (χ1n) is 8.38. The summed E-state index contributed by atoms with van der Waals surface area (Å²) in [4.78, 5) is 8.27. The van der Waals surface area contributed by atoms with Gasteiger partial charge in [0, 0.05) is 50.5 Å². The molecule has 3 rings (SSSR count). The predicted octanol–water partition coefficient (Wildman–Crippen LogP) is 2.73. The van der Waals surface area contributed by atoms with E-state index < -0.39 is 0 Å². The van der Waals surface area contributed by atoms with Crippen LogP contribution in [0.25, 0.3) is 0 Å². The molecule has 1 aliphatic rings. The molecule has 2 heterocycles. The Morgan fingerprint density at radius 2 is 2.00 bits per heavy atom. The van der Waals surface area contributed by atoms with Crippen LogP contribution < -0.4 is 14.8 Å². The monoisotopic (exact) mass is 398 g/mol. The van der Waals surface area contributed by atoms with E-state index >= 15 is 0 Å². The largest absolute Gasteiger partial charge is 0.493 e.